The number of anilines is 1. The van der Waals surface area contributed by atoms with Crippen LogP contribution in [-0.2, 0) is 0 Å². The van der Waals surface area contributed by atoms with E-state index in [1.54, 1.807) is 7.11 Å². The standard InChI is InChI=1S/C15H26N2O2/c1-11(18)9-10-17(4)13-7-6-8-14(19-5)15(13)12(2)16-3/h6-8,11-12,16,18H,9-10H2,1-5H3. The number of aliphatic hydroxyl groups is 1. The van der Waals surface area contributed by atoms with Gasteiger partial charge in [0.2, 0.25) is 0 Å². The summed E-state index contributed by atoms with van der Waals surface area (Å²) >= 11 is 0. The molecule has 19 heavy (non-hydrogen) atoms. The number of ether oxygens (including phenoxy) is 1. The average molecular weight is 266 g/mol. The first-order valence-corrected chi connectivity index (χ1v) is 6.74. The van der Waals surface area contributed by atoms with Crippen molar-refractivity contribution in [3.05, 3.63) is 23.8 Å². The summed E-state index contributed by atoms with van der Waals surface area (Å²) in [7, 11) is 5.68. The molecular formula is C15H26N2O2. The molecule has 0 saturated heterocycles. The molecule has 2 atom stereocenters. The lowest BCUT2D eigenvalue weighted by Crippen LogP contribution is -2.25. The zero-order chi connectivity index (χ0) is 14.4. The first-order chi connectivity index (χ1) is 9.01. The molecule has 0 aliphatic rings. The lowest BCUT2D eigenvalue weighted by molar-refractivity contribution is 0.187. The largest absolute Gasteiger partial charge is 0.496 e. The highest BCUT2D eigenvalue weighted by molar-refractivity contribution is 5.60. The molecule has 0 heterocycles. The summed E-state index contributed by atoms with van der Waals surface area (Å²) in [5.41, 5.74) is 2.29. The van der Waals surface area contributed by atoms with Gasteiger partial charge in [-0.15, -0.1) is 0 Å². The quantitative estimate of drug-likeness (QED) is 0.794. The molecule has 0 bridgehead atoms. The Morgan fingerprint density at radius 3 is 2.58 bits per heavy atom. The number of hydrogen-bond acceptors (Lipinski definition) is 4. The van der Waals surface area contributed by atoms with Crippen LogP contribution in [0.5, 0.6) is 5.75 Å². The molecule has 4 heteroatoms. The normalized spacial score (nSPS) is 14.0. The third-order valence-corrected chi connectivity index (χ3v) is 3.42. The number of aliphatic hydroxyl groups excluding tert-OH is 1. The van der Waals surface area contributed by atoms with Gasteiger partial charge in [-0.25, -0.2) is 0 Å². The number of methoxy groups -OCH3 is 1. The molecule has 0 amide bonds. The second kappa shape index (κ2) is 7.36. The van der Waals surface area contributed by atoms with E-state index >= 15 is 0 Å². The molecule has 4 nitrogen and oxygen atoms in total. The zero-order valence-corrected chi connectivity index (χ0v) is 12.6. The minimum Gasteiger partial charge on any atom is -0.496 e. The minimum absolute atomic E-state index is 0.208. The van der Waals surface area contributed by atoms with Gasteiger partial charge in [-0.2, -0.15) is 0 Å². The van der Waals surface area contributed by atoms with E-state index in [2.05, 4.69) is 23.2 Å². The minimum atomic E-state index is -0.279. The van der Waals surface area contributed by atoms with Gasteiger partial charge in [0.1, 0.15) is 5.75 Å². The zero-order valence-electron chi connectivity index (χ0n) is 12.6. The summed E-state index contributed by atoms with van der Waals surface area (Å²) in [4.78, 5) is 2.17. The fourth-order valence-corrected chi connectivity index (χ4v) is 2.12. The predicted molar refractivity (Wildman–Crippen MR) is 80.0 cm³/mol. The van der Waals surface area contributed by atoms with Crippen LogP contribution in [0.1, 0.15) is 31.9 Å². The van der Waals surface area contributed by atoms with Crippen LogP contribution >= 0.6 is 0 Å². The van der Waals surface area contributed by atoms with E-state index in [0.29, 0.717) is 0 Å². The maximum atomic E-state index is 9.41. The topological polar surface area (TPSA) is 44.7 Å². The maximum absolute atomic E-state index is 9.41. The molecule has 2 N–H and O–H groups in total. The molecule has 1 aromatic rings. The fourth-order valence-electron chi connectivity index (χ4n) is 2.12. The first-order valence-electron chi connectivity index (χ1n) is 6.74. The van der Waals surface area contributed by atoms with Crippen LogP contribution in [0.15, 0.2) is 18.2 Å². The van der Waals surface area contributed by atoms with E-state index in [4.69, 9.17) is 4.74 Å². The van der Waals surface area contributed by atoms with Crippen molar-refractivity contribution >= 4 is 5.69 Å². The monoisotopic (exact) mass is 266 g/mol. The second-order valence-corrected chi connectivity index (χ2v) is 4.96. The van der Waals surface area contributed by atoms with E-state index in [-0.39, 0.29) is 12.1 Å². The highest BCUT2D eigenvalue weighted by atomic mass is 16.5. The van der Waals surface area contributed by atoms with E-state index in [1.165, 1.54) is 0 Å². The van der Waals surface area contributed by atoms with Crippen LogP contribution in [0.3, 0.4) is 0 Å². The molecule has 0 saturated carbocycles. The Morgan fingerprint density at radius 2 is 2.05 bits per heavy atom. The second-order valence-electron chi connectivity index (χ2n) is 4.96. The van der Waals surface area contributed by atoms with Gasteiger partial charge >= 0.3 is 0 Å². The highest BCUT2D eigenvalue weighted by Gasteiger charge is 2.17. The molecule has 0 radical (unpaired) electrons. The van der Waals surface area contributed by atoms with Crippen LogP contribution in [0.25, 0.3) is 0 Å². The molecular weight excluding hydrogens is 240 g/mol. The van der Waals surface area contributed by atoms with Crippen molar-refractivity contribution < 1.29 is 9.84 Å². The molecule has 108 valence electrons. The summed E-state index contributed by atoms with van der Waals surface area (Å²) in [5, 5.41) is 12.7. The smallest absolute Gasteiger partial charge is 0.125 e. The van der Waals surface area contributed by atoms with Gasteiger partial charge in [0.05, 0.1) is 13.2 Å². The molecule has 0 aromatic heterocycles. The van der Waals surface area contributed by atoms with Gasteiger partial charge in [0.25, 0.3) is 0 Å². The lowest BCUT2D eigenvalue weighted by atomic mass is 10.0. The average Bonchev–Trinajstić information content (AvgIpc) is 2.42. The molecule has 0 spiro atoms. The van der Waals surface area contributed by atoms with E-state index in [9.17, 15) is 5.11 Å². The van der Waals surface area contributed by atoms with Crippen molar-refractivity contribution in [1.82, 2.24) is 5.32 Å². The summed E-state index contributed by atoms with van der Waals surface area (Å²) in [6, 6.07) is 6.28. The van der Waals surface area contributed by atoms with Gasteiger partial charge in [-0.05, 0) is 39.4 Å². The van der Waals surface area contributed by atoms with Crippen molar-refractivity contribution in [3.63, 3.8) is 0 Å². The highest BCUT2D eigenvalue weighted by Crippen LogP contribution is 2.34. The van der Waals surface area contributed by atoms with Crippen molar-refractivity contribution in [2.45, 2.75) is 32.4 Å². The molecule has 1 rings (SSSR count). The van der Waals surface area contributed by atoms with E-state index < -0.39 is 0 Å². The number of hydrogen-bond donors (Lipinski definition) is 2. The van der Waals surface area contributed by atoms with E-state index in [0.717, 1.165) is 30.0 Å². The van der Waals surface area contributed by atoms with Gasteiger partial charge in [0.15, 0.2) is 0 Å². The lowest BCUT2D eigenvalue weighted by Gasteiger charge is -2.27. The number of nitrogens with zero attached hydrogens (tertiary/aromatic N) is 1. The number of benzene rings is 1. The van der Waals surface area contributed by atoms with Crippen molar-refractivity contribution in [2.24, 2.45) is 0 Å². The first kappa shape index (κ1) is 15.8. The van der Waals surface area contributed by atoms with Gasteiger partial charge in [-0.1, -0.05) is 6.07 Å². The maximum Gasteiger partial charge on any atom is 0.125 e. The Labute approximate surface area is 116 Å². The van der Waals surface area contributed by atoms with Crippen LogP contribution in [0.2, 0.25) is 0 Å². The molecule has 0 aliphatic carbocycles. The van der Waals surface area contributed by atoms with Crippen LogP contribution in [0.4, 0.5) is 5.69 Å². The Morgan fingerprint density at radius 1 is 1.37 bits per heavy atom. The third-order valence-electron chi connectivity index (χ3n) is 3.42. The van der Waals surface area contributed by atoms with Crippen LogP contribution < -0.4 is 15.0 Å². The summed E-state index contributed by atoms with van der Waals surface area (Å²) in [6.07, 6.45) is 0.472. The predicted octanol–water partition coefficient (Wildman–Crippen LogP) is 2.18. The fraction of sp³-hybridized carbons (Fsp3) is 0.600. The Bertz CT molecular complexity index is 394. The van der Waals surface area contributed by atoms with Crippen molar-refractivity contribution in [1.29, 1.82) is 0 Å². The van der Waals surface area contributed by atoms with Gasteiger partial charge in [-0.3, -0.25) is 0 Å². The van der Waals surface area contributed by atoms with Crippen molar-refractivity contribution in [3.8, 4) is 5.75 Å². The third kappa shape index (κ3) is 4.11. The van der Waals surface area contributed by atoms with E-state index in [1.807, 2.05) is 33.2 Å². The van der Waals surface area contributed by atoms with Gasteiger partial charge < -0.3 is 20.1 Å². The van der Waals surface area contributed by atoms with Crippen LogP contribution in [-0.4, -0.2) is 39.0 Å². The van der Waals surface area contributed by atoms with Crippen molar-refractivity contribution in [2.75, 3.05) is 32.6 Å². The molecule has 1 aromatic carbocycles. The Hall–Kier alpha value is -1.26. The number of nitrogens with one attached hydrogen (secondary N) is 1. The Kier molecular flexibility index (Phi) is 6.12. The summed E-state index contributed by atoms with van der Waals surface area (Å²) in [5.74, 6) is 0.892. The van der Waals surface area contributed by atoms with Crippen LogP contribution in [0, 0.1) is 0 Å². The Balaban J connectivity index is 3.04. The van der Waals surface area contributed by atoms with Gasteiger partial charge in [0, 0.05) is 30.9 Å². The summed E-state index contributed by atoms with van der Waals surface area (Å²) < 4.78 is 5.47. The summed E-state index contributed by atoms with van der Waals surface area (Å²) in [6.45, 7) is 4.74. The molecule has 0 aliphatic heterocycles. The number of rotatable bonds is 7. The molecule has 2 unspecified atom stereocenters. The SMILES string of the molecule is CNC(C)c1c(OC)cccc1N(C)CCC(C)O. The molecule has 0 fully saturated rings.